The third-order valence-corrected chi connectivity index (χ3v) is 9.75. The Labute approximate surface area is 330 Å². The maximum absolute atomic E-state index is 9.84. The standard InChI is InChI=1S/C52H35NO/c1-3-12-36(13-4-1)37-22-24-38(25-23-37)39-26-30-43(31-27-39)53(44-32-28-42(29-33-44)46-20-11-17-40-16-7-8-18-45(40)46)49-35-34-47(41-14-5-2-6-15-41)52-51(49)48-19-9-10-21-50(48)54-52/h1-35H/i2D,5D,6D,9D,10D,14D,15D,19D,21D,34D,35D. The minimum Gasteiger partial charge on any atom is -0.455 e. The fourth-order valence-electron chi connectivity index (χ4n) is 7.15. The molecule has 0 saturated carbocycles. The van der Waals surface area contributed by atoms with Crippen LogP contribution in [0.15, 0.2) is 216 Å². The van der Waals surface area contributed by atoms with Crippen molar-refractivity contribution < 1.29 is 19.5 Å². The average molecular weight is 701 g/mol. The highest BCUT2D eigenvalue weighted by molar-refractivity contribution is 6.17. The SMILES string of the molecule is [2H]c1c([2H])c([2H])c(-c2c([2H])c([2H])c(N(c3ccc(-c4ccc(-c5ccccc5)cc4)cc3)c3ccc(-c4cccc5ccccc45)cc3)c3c2oc2c([2H])c([2H])c([2H])c([2H])c23)c([2H])c1[2H]. The maximum Gasteiger partial charge on any atom is 0.145 e. The zero-order valence-corrected chi connectivity index (χ0v) is 28.7. The predicted octanol–water partition coefficient (Wildman–Crippen LogP) is 14.9. The minimum absolute atomic E-state index is 0.00789. The number of nitrogens with zero attached hydrogens (tertiary/aromatic N) is 1. The van der Waals surface area contributed by atoms with Gasteiger partial charge in [0.25, 0.3) is 0 Å². The lowest BCUT2D eigenvalue weighted by Crippen LogP contribution is -2.10. The fourth-order valence-corrected chi connectivity index (χ4v) is 7.15. The van der Waals surface area contributed by atoms with Gasteiger partial charge in [-0.1, -0.05) is 170 Å². The Morgan fingerprint density at radius 1 is 0.389 bits per heavy atom. The van der Waals surface area contributed by atoms with Crippen LogP contribution in [0.4, 0.5) is 17.1 Å². The molecule has 9 aromatic carbocycles. The Kier molecular flexibility index (Phi) is 5.48. The van der Waals surface area contributed by atoms with Crippen molar-refractivity contribution in [2.45, 2.75) is 0 Å². The summed E-state index contributed by atoms with van der Waals surface area (Å²) in [5.74, 6) is 0. The van der Waals surface area contributed by atoms with E-state index in [4.69, 9.17) is 15.4 Å². The molecule has 54 heavy (non-hydrogen) atoms. The first-order chi connectivity index (χ1) is 31.3. The van der Waals surface area contributed by atoms with E-state index >= 15 is 0 Å². The van der Waals surface area contributed by atoms with Gasteiger partial charge in [0.2, 0.25) is 0 Å². The Bertz CT molecular complexity index is 3500. The van der Waals surface area contributed by atoms with Crippen molar-refractivity contribution in [3.8, 4) is 44.5 Å². The summed E-state index contributed by atoms with van der Waals surface area (Å²) in [6.45, 7) is 0. The van der Waals surface area contributed by atoms with Crippen LogP contribution in [0.1, 0.15) is 15.1 Å². The molecule has 10 rings (SSSR count). The van der Waals surface area contributed by atoms with Crippen molar-refractivity contribution in [2.75, 3.05) is 4.90 Å². The molecule has 0 N–H and O–H groups in total. The number of furan rings is 1. The highest BCUT2D eigenvalue weighted by Crippen LogP contribution is 2.46. The maximum atomic E-state index is 9.84. The molecule has 254 valence electrons. The van der Waals surface area contributed by atoms with Crippen molar-refractivity contribution in [3.05, 3.63) is 212 Å². The third kappa shape index (κ3) is 5.62. The second-order valence-corrected chi connectivity index (χ2v) is 12.9. The molecule has 0 fully saturated rings. The van der Waals surface area contributed by atoms with Gasteiger partial charge in [-0.25, -0.2) is 0 Å². The minimum atomic E-state index is -0.660. The Morgan fingerprint density at radius 2 is 0.963 bits per heavy atom. The fraction of sp³-hybridized carbons (Fsp3) is 0. The van der Waals surface area contributed by atoms with Crippen LogP contribution in [0.5, 0.6) is 0 Å². The summed E-state index contributed by atoms with van der Waals surface area (Å²) in [6.07, 6.45) is 0. The molecule has 0 aliphatic rings. The smallest absolute Gasteiger partial charge is 0.145 e. The van der Waals surface area contributed by atoms with Crippen molar-refractivity contribution in [1.82, 2.24) is 0 Å². The molecule has 0 amide bonds. The van der Waals surface area contributed by atoms with Crippen LogP contribution in [0.2, 0.25) is 0 Å². The molecular weight excluding hydrogens is 655 g/mol. The zero-order valence-electron chi connectivity index (χ0n) is 39.7. The van der Waals surface area contributed by atoms with Crippen molar-refractivity contribution in [1.29, 1.82) is 0 Å². The van der Waals surface area contributed by atoms with Crippen LogP contribution in [-0.4, -0.2) is 0 Å². The van der Waals surface area contributed by atoms with E-state index in [9.17, 15) is 4.11 Å². The normalized spacial score (nSPS) is 14.2. The van der Waals surface area contributed by atoms with Gasteiger partial charge in [0.05, 0.1) is 26.2 Å². The second kappa shape index (κ2) is 13.4. The monoisotopic (exact) mass is 700 g/mol. The van der Waals surface area contributed by atoms with Crippen LogP contribution in [0.3, 0.4) is 0 Å². The number of benzene rings is 9. The molecule has 1 heterocycles. The molecule has 2 heteroatoms. The molecule has 1 aromatic heterocycles. The molecule has 0 spiro atoms. The lowest BCUT2D eigenvalue weighted by atomic mass is 9.97. The van der Waals surface area contributed by atoms with Gasteiger partial charge in [0.1, 0.15) is 11.2 Å². The van der Waals surface area contributed by atoms with Crippen molar-refractivity contribution in [2.24, 2.45) is 0 Å². The number of fused-ring (bicyclic) bond motifs is 4. The second-order valence-electron chi connectivity index (χ2n) is 12.9. The lowest BCUT2D eigenvalue weighted by Gasteiger charge is -2.27. The highest BCUT2D eigenvalue weighted by Gasteiger charge is 2.22. The van der Waals surface area contributed by atoms with E-state index in [1.165, 1.54) is 0 Å². The van der Waals surface area contributed by atoms with E-state index in [0.29, 0.717) is 11.4 Å². The Morgan fingerprint density at radius 3 is 1.69 bits per heavy atom. The van der Waals surface area contributed by atoms with E-state index < -0.39 is 72.0 Å². The summed E-state index contributed by atoms with van der Waals surface area (Å²) in [4.78, 5) is 1.74. The van der Waals surface area contributed by atoms with Crippen LogP contribution < -0.4 is 4.90 Å². The summed E-state index contributed by atoms with van der Waals surface area (Å²) in [5, 5.41) is 2.05. The summed E-state index contributed by atoms with van der Waals surface area (Å²) >= 11 is 0. The Balaban J connectivity index is 1.24. The Hall–Kier alpha value is -7.16. The van der Waals surface area contributed by atoms with Gasteiger partial charge < -0.3 is 9.32 Å². The average Bonchev–Trinajstić information content (AvgIpc) is 3.74. The third-order valence-electron chi connectivity index (χ3n) is 9.75. The highest BCUT2D eigenvalue weighted by atomic mass is 16.3. The van der Waals surface area contributed by atoms with Gasteiger partial charge in [-0.15, -0.1) is 0 Å². The quantitative estimate of drug-likeness (QED) is 0.165. The molecule has 0 aliphatic heterocycles. The van der Waals surface area contributed by atoms with Gasteiger partial charge in [0, 0.05) is 22.3 Å². The number of rotatable bonds is 7. The van der Waals surface area contributed by atoms with Crippen LogP contribution >= 0.6 is 0 Å². The molecule has 0 atom stereocenters. The van der Waals surface area contributed by atoms with E-state index in [2.05, 4.69) is 30.3 Å². The summed E-state index contributed by atoms with van der Waals surface area (Å²) in [5.41, 5.74) is 5.84. The molecule has 0 bridgehead atoms. The van der Waals surface area contributed by atoms with Gasteiger partial charge >= 0.3 is 0 Å². The van der Waals surface area contributed by atoms with Crippen molar-refractivity contribution >= 4 is 49.8 Å². The van der Waals surface area contributed by atoms with Crippen molar-refractivity contribution in [3.63, 3.8) is 0 Å². The summed E-state index contributed by atoms with van der Waals surface area (Å²) in [7, 11) is 0. The molecule has 10 aromatic rings. The number of hydrogen-bond donors (Lipinski definition) is 0. The zero-order chi connectivity index (χ0) is 45.4. The number of hydrogen-bond acceptors (Lipinski definition) is 2. The molecule has 0 saturated heterocycles. The topological polar surface area (TPSA) is 16.4 Å². The number of para-hydroxylation sites is 1. The predicted molar refractivity (Wildman–Crippen MR) is 228 cm³/mol. The van der Waals surface area contributed by atoms with E-state index in [1.54, 1.807) is 4.90 Å². The molecule has 0 aliphatic carbocycles. The largest absolute Gasteiger partial charge is 0.455 e. The van der Waals surface area contributed by atoms with E-state index in [0.717, 1.165) is 44.2 Å². The summed E-state index contributed by atoms with van der Waals surface area (Å²) in [6, 6.07) is 41.4. The first kappa shape index (κ1) is 22.0. The first-order valence-electron chi connectivity index (χ1n) is 23.0. The van der Waals surface area contributed by atoms with Crippen LogP contribution in [-0.2, 0) is 0 Å². The van der Waals surface area contributed by atoms with Crippen LogP contribution in [0, 0.1) is 0 Å². The molecule has 0 radical (unpaired) electrons. The van der Waals surface area contributed by atoms with Gasteiger partial charge in [-0.2, -0.15) is 0 Å². The van der Waals surface area contributed by atoms with Crippen LogP contribution in [0.25, 0.3) is 77.2 Å². The van der Waals surface area contributed by atoms with Gasteiger partial charge in [-0.05, 0) is 92.1 Å². The van der Waals surface area contributed by atoms with Gasteiger partial charge in [-0.3, -0.25) is 0 Å². The number of anilines is 3. The molecule has 0 unspecified atom stereocenters. The first-order valence-corrected chi connectivity index (χ1v) is 17.5. The molecule has 2 nitrogen and oxygen atoms in total. The lowest BCUT2D eigenvalue weighted by molar-refractivity contribution is 0.670. The van der Waals surface area contributed by atoms with E-state index in [-0.39, 0.29) is 33.2 Å². The van der Waals surface area contributed by atoms with Gasteiger partial charge in [0.15, 0.2) is 0 Å². The summed E-state index contributed by atoms with van der Waals surface area (Å²) < 4.78 is 104. The molecular formula is C52H35NO. The van der Waals surface area contributed by atoms with E-state index in [1.807, 2.05) is 115 Å².